The molecule has 23 heavy (non-hydrogen) atoms. The van der Waals surface area contributed by atoms with Crippen molar-refractivity contribution in [2.24, 2.45) is 12.5 Å². The average Bonchev–Trinajstić information content (AvgIpc) is 3.12. The zero-order chi connectivity index (χ0) is 15.9. The number of aromatic nitrogens is 2. The number of likely N-dealkylation sites (tertiary alicyclic amines) is 1. The van der Waals surface area contributed by atoms with E-state index in [1.807, 2.05) is 18.0 Å². The number of rotatable bonds is 2. The molecule has 1 atom stereocenters. The molecule has 0 unspecified atom stereocenters. The van der Waals surface area contributed by atoms with Crippen LogP contribution in [0.1, 0.15) is 30.7 Å². The normalized spacial score (nSPS) is 22.1. The average molecular weight is 310 g/mol. The van der Waals surface area contributed by atoms with Gasteiger partial charge in [0.05, 0.1) is 6.20 Å². The van der Waals surface area contributed by atoms with Gasteiger partial charge in [-0.3, -0.25) is 10.00 Å². The highest BCUT2D eigenvalue weighted by Crippen LogP contribution is 2.55. The first-order valence-corrected chi connectivity index (χ1v) is 8.27. The monoisotopic (exact) mass is 310 g/mol. The Morgan fingerprint density at radius 2 is 2.04 bits per heavy atom. The number of urea groups is 1. The molecule has 5 heteroatoms. The van der Waals surface area contributed by atoms with Gasteiger partial charge in [0.25, 0.3) is 0 Å². The Hall–Kier alpha value is -2.30. The smallest absolute Gasteiger partial charge is 0.323 e. The van der Waals surface area contributed by atoms with Gasteiger partial charge in [0.15, 0.2) is 0 Å². The third-order valence-electron chi connectivity index (χ3n) is 5.54. The summed E-state index contributed by atoms with van der Waals surface area (Å²) in [7, 11) is 1.83. The summed E-state index contributed by atoms with van der Waals surface area (Å²) in [5, 5.41) is 7.08. The molecule has 0 radical (unpaired) electrons. The zero-order valence-corrected chi connectivity index (χ0v) is 13.4. The number of carbonyl (C=O) groups excluding carboxylic acids is 1. The summed E-state index contributed by atoms with van der Waals surface area (Å²) in [5.74, 6) is 1.19. The van der Waals surface area contributed by atoms with Crippen LogP contribution in [0.3, 0.4) is 0 Å². The molecule has 1 spiro atoms. The number of carbonyl (C=O) groups is 1. The summed E-state index contributed by atoms with van der Waals surface area (Å²) in [6, 6.07) is 12.5. The summed E-state index contributed by atoms with van der Waals surface area (Å²) in [6.07, 6.45) is 5.42. The van der Waals surface area contributed by atoms with Gasteiger partial charge >= 0.3 is 6.03 Å². The predicted molar refractivity (Wildman–Crippen MR) is 89.3 cm³/mol. The highest BCUT2D eigenvalue weighted by atomic mass is 16.2. The molecular formula is C18H22N4O. The molecule has 2 aromatic rings. The zero-order valence-electron chi connectivity index (χ0n) is 13.4. The van der Waals surface area contributed by atoms with Crippen molar-refractivity contribution in [3.63, 3.8) is 0 Å². The molecule has 1 aromatic carbocycles. The summed E-state index contributed by atoms with van der Waals surface area (Å²) >= 11 is 0. The Morgan fingerprint density at radius 1 is 1.26 bits per heavy atom. The lowest BCUT2D eigenvalue weighted by atomic mass is 9.61. The Labute approximate surface area is 136 Å². The molecule has 1 aliphatic carbocycles. The Kier molecular flexibility index (Phi) is 3.36. The lowest BCUT2D eigenvalue weighted by Crippen LogP contribution is -2.39. The van der Waals surface area contributed by atoms with E-state index in [1.165, 1.54) is 24.8 Å². The van der Waals surface area contributed by atoms with E-state index in [4.69, 9.17) is 0 Å². The van der Waals surface area contributed by atoms with Crippen LogP contribution in [0.4, 0.5) is 10.6 Å². The van der Waals surface area contributed by atoms with Crippen molar-refractivity contribution in [1.82, 2.24) is 14.7 Å². The number of hydrogen-bond donors (Lipinski definition) is 1. The predicted octanol–water partition coefficient (Wildman–Crippen LogP) is 3.22. The van der Waals surface area contributed by atoms with Crippen molar-refractivity contribution in [1.29, 1.82) is 0 Å². The number of hydrogen-bond acceptors (Lipinski definition) is 2. The maximum Gasteiger partial charge on any atom is 0.323 e. The molecule has 2 aliphatic rings. The highest BCUT2D eigenvalue weighted by molar-refractivity contribution is 5.88. The first-order chi connectivity index (χ1) is 11.2. The van der Waals surface area contributed by atoms with Gasteiger partial charge in [-0.05, 0) is 23.8 Å². The van der Waals surface area contributed by atoms with E-state index in [1.54, 1.807) is 10.9 Å². The first kappa shape index (κ1) is 14.3. The van der Waals surface area contributed by atoms with E-state index >= 15 is 0 Å². The third-order valence-corrected chi connectivity index (χ3v) is 5.54. The van der Waals surface area contributed by atoms with Crippen molar-refractivity contribution in [2.45, 2.75) is 25.2 Å². The van der Waals surface area contributed by atoms with Crippen molar-refractivity contribution in [3.8, 4) is 0 Å². The number of anilines is 1. The molecule has 2 amide bonds. The molecule has 5 nitrogen and oxygen atoms in total. The van der Waals surface area contributed by atoms with Crippen LogP contribution in [0, 0.1) is 5.41 Å². The van der Waals surface area contributed by atoms with Gasteiger partial charge in [-0.15, -0.1) is 0 Å². The van der Waals surface area contributed by atoms with Gasteiger partial charge in [-0.1, -0.05) is 36.8 Å². The van der Waals surface area contributed by atoms with Crippen LogP contribution >= 0.6 is 0 Å². The van der Waals surface area contributed by atoms with Crippen LogP contribution in [-0.2, 0) is 7.05 Å². The maximum atomic E-state index is 12.6. The van der Waals surface area contributed by atoms with Crippen molar-refractivity contribution < 1.29 is 4.79 Å². The largest absolute Gasteiger partial charge is 0.323 e. The second-order valence-corrected chi connectivity index (χ2v) is 6.83. The summed E-state index contributed by atoms with van der Waals surface area (Å²) in [4.78, 5) is 14.6. The van der Waals surface area contributed by atoms with E-state index in [2.05, 4.69) is 40.7 Å². The molecule has 1 N–H and O–H groups in total. The Bertz CT molecular complexity index is 705. The van der Waals surface area contributed by atoms with Gasteiger partial charge in [0.1, 0.15) is 5.82 Å². The van der Waals surface area contributed by atoms with Gasteiger partial charge in [0, 0.05) is 32.1 Å². The number of nitrogens with zero attached hydrogens (tertiary/aromatic N) is 3. The topological polar surface area (TPSA) is 50.2 Å². The number of amides is 2. The van der Waals surface area contributed by atoms with Gasteiger partial charge in [0.2, 0.25) is 0 Å². The summed E-state index contributed by atoms with van der Waals surface area (Å²) < 4.78 is 1.68. The number of benzene rings is 1. The minimum atomic E-state index is -0.0155. The van der Waals surface area contributed by atoms with Gasteiger partial charge in [-0.25, -0.2) is 4.79 Å². The molecule has 120 valence electrons. The standard InChI is InChI=1S/C18H22N4O/c1-21-16(8-11-19-21)20-17(23)22-12-15(14-6-3-2-4-7-14)18(13-22)9-5-10-18/h2-4,6-8,11,15H,5,9-10,12-13H2,1H3,(H,20,23)/t15-/m0/s1. The Balaban J connectivity index is 1.53. The highest BCUT2D eigenvalue weighted by Gasteiger charge is 2.51. The molecule has 1 saturated carbocycles. The lowest BCUT2D eigenvalue weighted by Gasteiger charge is -2.43. The van der Waals surface area contributed by atoms with E-state index in [-0.39, 0.29) is 11.4 Å². The second kappa shape index (κ2) is 5.41. The quantitative estimate of drug-likeness (QED) is 0.926. The summed E-state index contributed by atoms with van der Waals surface area (Å²) in [6.45, 7) is 1.66. The number of aryl methyl sites for hydroxylation is 1. The fourth-order valence-corrected chi connectivity index (χ4v) is 4.09. The molecule has 2 heterocycles. The molecule has 1 saturated heterocycles. The summed E-state index contributed by atoms with van der Waals surface area (Å²) in [5.41, 5.74) is 1.65. The second-order valence-electron chi connectivity index (χ2n) is 6.83. The van der Waals surface area contributed by atoms with Crippen molar-refractivity contribution >= 4 is 11.8 Å². The van der Waals surface area contributed by atoms with Crippen LogP contribution in [0.2, 0.25) is 0 Å². The van der Waals surface area contributed by atoms with Crippen molar-refractivity contribution in [3.05, 3.63) is 48.2 Å². The Morgan fingerprint density at radius 3 is 2.65 bits per heavy atom. The molecule has 1 aromatic heterocycles. The van der Waals surface area contributed by atoms with E-state index < -0.39 is 0 Å². The van der Waals surface area contributed by atoms with Crippen LogP contribution in [-0.4, -0.2) is 33.8 Å². The van der Waals surface area contributed by atoms with E-state index in [9.17, 15) is 4.79 Å². The van der Waals surface area contributed by atoms with E-state index in [0.717, 1.165) is 18.9 Å². The maximum absolute atomic E-state index is 12.6. The lowest BCUT2D eigenvalue weighted by molar-refractivity contribution is 0.125. The fourth-order valence-electron chi connectivity index (χ4n) is 4.09. The molecular weight excluding hydrogens is 288 g/mol. The van der Waals surface area contributed by atoms with Crippen molar-refractivity contribution in [2.75, 3.05) is 18.4 Å². The van der Waals surface area contributed by atoms with Crippen LogP contribution in [0.15, 0.2) is 42.6 Å². The van der Waals surface area contributed by atoms with Gasteiger partial charge in [-0.2, -0.15) is 5.10 Å². The van der Waals surface area contributed by atoms with Crippen LogP contribution in [0.5, 0.6) is 0 Å². The first-order valence-electron chi connectivity index (χ1n) is 8.27. The molecule has 0 bridgehead atoms. The third kappa shape index (κ3) is 2.40. The molecule has 1 aliphatic heterocycles. The van der Waals surface area contributed by atoms with Crippen LogP contribution in [0.25, 0.3) is 0 Å². The van der Waals surface area contributed by atoms with Gasteiger partial charge < -0.3 is 4.90 Å². The SMILES string of the molecule is Cn1nccc1NC(=O)N1C[C@@H](c2ccccc2)C2(CCC2)C1. The van der Waals surface area contributed by atoms with Crippen LogP contribution < -0.4 is 5.32 Å². The fraction of sp³-hybridized carbons (Fsp3) is 0.444. The molecule has 2 fully saturated rings. The minimum Gasteiger partial charge on any atom is -0.323 e. The minimum absolute atomic E-state index is 0.0155. The number of nitrogens with one attached hydrogen (secondary N) is 1. The molecule has 4 rings (SSSR count). The van der Waals surface area contributed by atoms with E-state index in [0.29, 0.717) is 5.92 Å².